The van der Waals surface area contributed by atoms with E-state index in [4.69, 9.17) is 14.2 Å². The fourth-order valence-corrected chi connectivity index (χ4v) is 3.37. The van der Waals surface area contributed by atoms with Gasteiger partial charge in [-0.3, -0.25) is 0 Å². The van der Waals surface area contributed by atoms with Crippen LogP contribution in [0.3, 0.4) is 0 Å². The molecule has 3 aromatic rings. The zero-order chi connectivity index (χ0) is 17.3. The standard InChI is InChI=1S/C20H21N3O3/c1-2-10-24-20(3-1)23-18(8-9-21-23)15-5-4-14-6-7-19(22-17(14)11-15)26-13-16-12-25-16/h4-9,11,16,20H,1-3,10,12-13H2/t16-,20?/m1/s1. The molecule has 2 aliphatic rings. The molecule has 6 heteroatoms. The SMILES string of the molecule is c1cc(-c2ccc3ccc(OC[C@H]4CO4)nc3c2)n(C2CCCCO2)n1. The molecule has 134 valence electrons. The van der Waals surface area contributed by atoms with Crippen molar-refractivity contribution in [3.8, 4) is 17.1 Å². The van der Waals surface area contributed by atoms with Crippen molar-refractivity contribution >= 4 is 10.9 Å². The first-order valence-electron chi connectivity index (χ1n) is 9.17. The first-order chi connectivity index (χ1) is 12.9. The maximum Gasteiger partial charge on any atom is 0.213 e. The van der Waals surface area contributed by atoms with Crippen molar-refractivity contribution < 1.29 is 14.2 Å². The van der Waals surface area contributed by atoms with Gasteiger partial charge >= 0.3 is 0 Å². The highest BCUT2D eigenvalue weighted by Crippen LogP contribution is 2.30. The number of pyridine rings is 1. The second-order valence-electron chi connectivity index (χ2n) is 6.81. The van der Waals surface area contributed by atoms with E-state index in [2.05, 4.69) is 28.3 Å². The Kier molecular flexibility index (Phi) is 4.07. The minimum absolute atomic E-state index is 0.0191. The highest BCUT2D eigenvalue weighted by molar-refractivity contribution is 5.84. The smallest absolute Gasteiger partial charge is 0.213 e. The molecule has 0 saturated carbocycles. The second kappa shape index (κ2) is 6.70. The number of hydrogen-bond acceptors (Lipinski definition) is 5. The minimum atomic E-state index is 0.0191. The predicted octanol–water partition coefficient (Wildman–Crippen LogP) is 3.58. The molecule has 0 radical (unpaired) electrons. The van der Waals surface area contributed by atoms with E-state index in [0.29, 0.717) is 12.5 Å². The lowest BCUT2D eigenvalue weighted by molar-refractivity contribution is -0.0383. The van der Waals surface area contributed by atoms with E-state index in [9.17, 15) is 0 Å². The third-order valence-electron chi connectivity index (χ3n) is 4.88. The van der Waals surface area contributed by atoms with Crippen molar-refractivity contribution in [2.24, 2.45) is 0 Å². The average Bonchev–Trinajstić information content (AvgIpc) is 3.40. The minimum Gasteiger partial charge on any atom is -0.475 e. The molecule has 0 amide bonds. The molecular weight excluding hydrogens is 330 g/mol. The summed E-state index contributed by atoms with van der Waals surface area (Å²) in [7, 11) is 0. The normalized spacial score (nSPS) is 22.5. The van der Waals surface area contributed by atoms with Gasteiger partial charge in [0, 0.05) is 29.8 Å². The Balaban J connectivity index is 1.46. The Morgan fingerprint density at radius 3 is 2.88 bits per heavy atom. The van der Waals surface area contributed by atoms with E-state index in [0.717, 1.165) is 48.2 Å². The van der Waals surface area contributed by atoms with Crippen LogP contribution in [0.25, 0.3) is 22.2 Å². The molecule has 2 atom stereocenters. The van der Waals surface area contributed by atoms with Gasteiger partial charge in [0.1, 0.15) is 12.7 Å². The molecule has 0 N–H and O–H groups in total. The zero-order valence-corrected chi connectivity index (χ0v) is 14.5. The molecule has 2 aliphatic heterocycles. The second-order valence-corrected chi connectivity index (χ2v) is 6.81. The Labute approximate surface area is 151 Å². The highest BCUT2D eigenvalue weighted by Gasteiger charge is 2.23. The number of ether oxygens (including phenoxy) is 3. The number of hydrogen-bond donors (Lipinski definition) is 0. The quantitative estimate of drug-likeness (QED) is 0.658. The van der Waals surface area contributed by atoms with Crippen molar-refractivity contribution in [2.45, 2.75) is 31.6 Å². The monoisotopic (exact) mass is 351 g/mol. The number of benzene rings is 1. The summed E-state index contributed by atoms with van der Waals surface area (Å²) in [4.78, 5) is 4.65. The molecule has 2 saturated heterocycles. The molecule has 2 aromatic heterocycles. The van der Waals surface area contributed by atoms with Crippen LogP contribution in [0.15, 0.2) is 42.6 Å². The van der Waals surface area contributed by atoms with Gasteiger partial charge in [0.05, 0.1) is 17.8 Å². The summed E-state index contributed by atoms with van der Waals surface area (Å²) in [5.74, 6) is 0.634. The maximum absolute atomic E-state index is 5.90. The largest absolute Gasteiger partial charge is 0.475 e. The van der Waals surface area contributed by atoms with Gasteiger partial charge in [-0.1, -0.05) is 12.1 Å². The van der Waals surface area contributed by atoms with Crippen LogP contribution in [-0.4, -0.2) is 40.7 Å². The van der Waals surface area contributed by atoms with Gasteiger partial charge in [-0.2, -0.15) is 5.10 Å². The summed E-state index contributed by atoms with van der Waals surface area (Å²) < 4.78 is 18.8. The van der Waals surface area contributed by atoms with Crippen LogP contribution in [0.1, 0.15) is 25.5 Å². The number of fused-ring (bicyclic) bond motifs is 1. The van der Waals surface area contributed by atoms with Crippen molar-refractivity contribution in [1.29, 1.82) is 0 Å². The lowest BCUT2D eigenvalue weighted by Gasteiger charge is -2.24. The summed E-state index contributed by atoms with van der Waals surface area (Å²) in [6.45, 7) is 2.14. The fraction of sp³-hybridized carbons (Fsp3) is 0.400. The summed E-state index contributed by atoms with van der Waals surface area (Å²) in [6, 6.07) is 12.3. The van der Waals surface area contributed by atoms with E-state index in [1.54, 1.807) is 0 Å². The van der Waals surface area contributed by atoms with Crippen molar-refractivity contribution in [3.63, 3.8) is 0 Å². The van der Waals surface area contributed by atoms with Crippen LogP contribution in [0, 0.1) is 0 Å². The van der Waals surface area contributed by atoms with Crippen molar-refractivity contribution in [3.05, 3.63) is 42.6 Å². The Hall–Kier alpha value is -2.44. The molecule has 0 bridgehead atoms. The lowest BCUT2D eigenvalue weighted by atomic mass is 10.1. The van der Waals surface area contributed by atoms with Crippen LogP contribution < -0.4 is 4.74 Å². The molecule has 0 aliphatic carbocycles. The van der Waals surface area contributed by atoms with Gasteiger partial charge in [0.2, 0.25) is 5.88 Å². The Bertz CT molecular complexity index is 914. The van der Waals surface area contributed by atoms with Crippen LogP contribution in [0.5, 0.6) is 5.88 Å². The lowest BCUT2D eigenvalue weighted by Crippen LogP contribution is -2.19. The summed E-state index contributed by atoms with van der Waals surface area (Å²) >= 11 is 0. The van der Waals surface area contributed by atoms with E-state index < -0.39 is 0 Å². The van der Waals surface area contributed by atoms with E-state index in [1.165, 1.54) is 6.42 Å². The molecular formula is C20H21N3O3. The molecule has 4 heterocycles. The van der Waals surface area contributed by atoms with E-state index in [1.807, 2.05) is 29.1 Å². The molecule has 6 nitrogen and oxygen atoms in total. The van der Waals surface area contributed by atoms with Gasteiger partial charge in [0.15, 0.2) is 6.23 Å². The van der Waals surface area contributed by atoms with Crippen LogP contribution in [0.2, 0.25) is 0 Å². The third-order valence-corrected chi connectivity index (χ3v) is 4.88. The average molecular weight is 351 g/mol. The number of nitrogens with zero attached hydrogens (tertiary/aromatic N) is 3. The Morgan fingerprint density at radius 2 is 2.04 bits per heavy atom. The van der Waals surface area contributed by atoms with Gasteiger partial charge < -0.3 is 14.2 Å². The zero-order valence-electron chi connectivity index (χ0n) is 14.5. The molecule has 0 spiro atoms. The van der Waals surface area contributed by atoms with Crippen LogP contribution >= 0.6 is 0 Å². The third kappa shape index (κ3) is 3.18. The summed E-state index contributed by atoms with van der Waals surface area (Å²) in [5, 5.41) is 5.59. The van der Waals surface area contributed by atoms with Crippen LogP contribution in [0.4, 0.5) is 0 Å². The number of rotatable bonds is 5. The first kappa shape index (κ1) is 15.8. The van der Waals surface area contributed by atoms with Crippen molar-refractivity contribution in [2.75, 3.05) is 19.8 Å². The van der Waals surface area contributed by atoms with E-state index >= 15 is 0 Å². The fourth-order valence-electron chi connectivity index (χ4n) is 3.37. The van der Waals surface area contributed by atoms with Gasteiger partial charge in [0.25, 0.3) is 0 Å². The van der Waals surface area contributed by atoms with Gasteiger partial charge in [-0.15, -0.1) is 0 Å². The van der Waals surface area contributed by atoms with Gasteiger partial charge in [-0.25, -0.2) is 9.67 Å². The van der Waals surface area contributed by atoms with E-state index in [-0.39, 0.29) is 12.3 Å². The van der Waals surface area contributed by atoms with Crippen molar-refractivity contribution in [1.82, 2.24) is 14.8 Å². The highest BCUT2D eigenvalue weighted by atomic mass is 16.6. The molecule has 1 aromatic carbocycles. The summed E-state index contributed by atoms with van der Waals surface area (Å²) in [5.41, 5.74) is 3.05. The Morgan fingerprint density at radius 1 is 1.12 bits per heavy atom. The number of aromatic nitrogens is 3. The first-order valence-corrected chi connectivity index (χ1v) is 9.17. The predicted molar refractivity (Wildman–Crippen MR) is 97.0 cm³/mol. The number of epoxide rings is 1. The molecule has 5 rings (SSSR count). The van der Waals surface area contributed by atoms with Gasteiger partial charge in [-0.05, 0) is 37.5 Å². The molecule has 26 heavy (non-hydrogen) atoms. The molecule has 2 fully saturated rings. The van der Waals surface area contributed by atoms with Crippen LogP contribution in [-0.2, 0) is 9.47 Å². The molecule has 1 unspecified atom stereocenters. The topological polar surface area (TPSA) is 61.7 Å². The maximum atomic E-state index is 5.90. The summed E-state index contributed by atoms with van der Waals surface area (Å²) in [6.07, 6.45) is 5.38.